The van der Waals surface area contributed by atoms with Gasteiger partial charge in [0.2, 0.25) is 0 Å². The van der Waals surface area contributed by atoms with Gasteiger partial charge >= 0.3 is 5.69 Å². The molecular weight excluding hydrogens is 439 g/mol. The van der Waals surface area contributed by atoms with Crippen LogP contribution in [-0.4, -0.2) is 21.1 Å². The van der Waals surface area contributed by atoms with Gasteiger partial charge < -0.3 is 10.5 Å². The highest BCUT2D eigenvalue weighted by molar-refractivity contribution is 6.00. The van der Waals surface area contributed by atoms with Crippen molar-refractivity contribution in [3.63, 3.8) is 0 Å². The molecule has 0 fully saturated rings. The predicted octanol–water partition coefficient (Wildman–Crippen LogP) is 3.45. The van der Waals surface area contributed by atoms with Gasteiger partial charge in [0, 0.05) is 6.54 Å². The van der Waals surface area contributed by atoms with Gasteiger partial charge in [-0.15, -0.1) is 0 Å². The maximum atomic E-state index is 13.8. The first-order valence-electron chi connectivity index (χ1n) is 11.1. The van der Waals surface area contributed by atoms with Gasteiger partial charge in [0.15, 0.2) is 11.3 Å². The second kappa shape index (κ2) is 10.4. The van der Waals surface area contributed by atoms with Crippen molar-refractivity contribution < 1.29 is 13.9 Å². The van der Waals surface area contributed by atoms with E-state index in [9.17, 15) is 18.8 Å². The van der Waals surface area contributed by atoms with E-state index in [0.717, 1.165) is 12.0 Å². The van der Waals surface area contributed by atoms with E-state index in [-0.39, 0.29) is 23.8 Å². The van der Waals surface area contributed by atoms with Crippen molar-refractivity contribution in [3.8, 4) is 5.75 Å². The number of H-pyrrole nitrogens is 1. The molecule has 0 aliphatic carbocycles. The molecule has 3 N–H and O–H groups in total. The zero-order chi connectivity index (χ0) is 24.9. The molecule has 1 heterocycles. The van der Waals surface area contributed by atoms with Crippen LogP contribution in [0.5, 0.6) is 5.75 Å². The third kappa shape index (κ3) is 5.54. The topological polar surface area (TPSA) is 110 Å². The van der Waals surface area contributed by atoms with Crippen molar-refractivity contribution in [2.75, 3.05) is 10.6 Å². The van der Waals surface area contributed by atoms with Crippen molar-refractivity contribution in [1.29, 1.82) is 0 Å². The number of unbranched alkanes of at least 4 members (excludes halogenated alkanes) is 1. The second-order valence-electron chi connectivity index (χ2n) is 8.44. The van der Waals surface area contributed by atoms with Crippen molar-refractivity contribution in [1.82, 2.24) is 9.55 Å². The molecule has 0 spiro atoms. The lowest BCUT2D eigenvalue weighted by Crippen LogP contribution is -2.51. The van der Waals surface area contributed by atoms with Crippen LogP contribution in [0.15, 0.2) is 64.2 Å². The van der Waals surface area contributed by atoms with E-state index in [2.05, 4.69) is 4.98 Å². The Morgan fingerprint density at radius 1 is 1.12 bits per heavy atom. The smallest absolute Gasteiger partial charge is 0.330 e. The highest BCUT2D eigenvalue weighted by Gasteiger charge is 2.37. The summed E-state index contributed by atoms with van der Waals surface area (Å²) in [5.74, 6) is -0.798. The SMILES string of the molecule is CCCCn1c(N)c(N(Cc2ccccc2)C(=O)C(C)(C)Oc2ccc(F)cc2)c(=O)[nH]c1=O. The van der Waals surface area contributed by atoms with Crippen molar-refractivity contribution in [2.24, 2.45) is 0 Å². The highest BCUT2D eigenvalue weighted by Crippen LogP contribution is 2.26. The molecule has 0 atom stereocenters. The number of rotatable bonds is 9. The van der Waals surface area contributed by atoms with Gasteiger partial charge in [-0.2, -0.15) is 0 Å². The predicted molar refractivity (Wildman–Crippen MR) is 129 cm³/mol. The molecular formula is C25H29FN4O4. The van der Waals surface area contributed by atoms with Crippen molar-refractivity contribution in [3.05, 3.63) is 86.8 Å². The van der Waals surface area contributed by atoms with Crippen LogP contribution in [0.25, 0.3) is 0 Å². The highest BCUT2D eigenvalue weighted by atomic mass is 19.1. The van der Waals surface area contributed by atoms with Crippen LogP contribution in [0.4, 0.5) is 15.9 Å². The Kier molecular flexibility index (Phi) is 7.55. The zero-order valence-electron chi connectivity index (χ0n) is 19.5. The van der Waals surface area contributed by atoms with Crippen molar-refractivity contribution in [2.45, 2.75) is 52.3 Å². The number of hydrogen-bond acceptors (Lipinski definition) is 5. The molecule has 3 rings (SSSR count). The fourth-order valence-corrected chi connectivity index (χ4v) is 3.56. The summed E-state index contributed by atoms with van der Waals surface area (Å²) in [6.45, 7) is 5.39. The number of carbonyl (C=O) groups is 1. The van der Waals surface area contributed by atoms with Gasteiger partial charge in [-0.25, -0.2) is 9.18 Å². The number of halogens is 1. The Hall–Kier alpha value is -3.88. The van der Waals surface area contributed by atoms with Crippen LogP contribution in [0.1, 0.15) is 39.2 Å². The minimum absolute atomic E-state index is 0.0230. The molecule has 3 aromatic rings. The van der Waals surface area contributed by atoms with Gasteiger partial charge in [0.1, 0.15) is 17.4 Å². The number of anilines is 2. The average Bonchev–Trinajstić information content (AvgIpc) is 2.79. The number of ether oxygens (including phenoxy) is 1. The van der Waals surface area contributed by atoms with Crippen molar-refractivity contribution >= 4 is 17.4 Å². The minimum atomic E-state index is -1.45. The van der Waals surface area contributed by atoms with E-state index in [0.29, 0.717) is 13.0 Å². The van der Waals surface area contributed by atoms with Gasteiger partial charge in [-0.3, -0.25) is 24.0 Å². The van der Waals surface area contributed by atoms with Gasteiger partial charge in [-0.05, 0) is 50.1 Å². The van der Waals surface area contributed by atoms with Crippen LogP contribution >= 0.6 is 0 Å². The van der Waals surface area contributed by atoms with Gasteiger partial charge in [0.05, 0.1) is 6.54 Å². The van der Waals surface area contributed by atoms with Crippen LogP contribution in [0.3, 0.4) is 0 Å². The average molecular weight is 469 g/mol. The maximum Gasteiger partial charge on any atom is 0.330 e. The number of nitrogens with two attached hydrogens (primary N) is 1. The van der Waals surface area contributed by atoms with E-state index in [4.69, 9.17) is 10.5 Å². The van der Waals surface area contributed by atoms with Crippen LogP contribution < -0.4 is 26.6 Å². The number of nitrogens with zero attached hydrogens (tertiary/aromatic N) is 2. The lowest BCUT2D eigenvalue weighted by atomic mass is 10.1. The Labute approximate surface area is 196 Å². The number of carbonyl (C=O) groups excluding carboxylic acids is 1. The number of amides is 1. The molecule has 1 amide bonds. The van der Waals surface area contributed by atoms with Gasteiger partial charge in [0.25, 0.3) is 11.5 Å². The summed E-state index contributed by atoms with van der Waals surface area (Å²) in [5.41, 5.74) is 4.08. The molecule has 0 aliphatic rings. The fourth-order valence-electron chi connectivity index (χ4n) is 3.56. The monoisotopic (exact) mass is 468 g/mol. The normalized spacial score (nSPS) is 11.3. The molecule has 34 heavy (non-hydrogen) atoms. The standard InChI is InChI=1S/C25H29FN4O4/c1-4-5-15-29-21(27)20(22(31)28-24(29)33)30(16-17-9-7-6-8-10-17)23(32)25(2,3)34-19-13-11-18(26)12-14-19/h6-14H,4-5,15-16,27H2,1-3H3,(H,28,31,33). The Bertz CT molecular complexity index is 1250. The quantitative estimate of drug-likeness (QED) is 0.500. The summed E-state index contributed by atoms with van der Waals surface area (Å²) < 4.78 is 20.4. The lowest BCUT2D eigenvalue weighted by molar-refractivity contribution is -0.131. The Balaban J connectivity index is 2.09. The lowest BCUT2D eigenvalue weighted by Gasteiger charge is -2.33. The van der Waals surface area contributed by atoms with E-state index in [1.165, 1.54) is 33.7 Å². The number of hydrogen-bond donors (Lipinski definition) is 2. The first-order valence-corrected chi connectivity index (χ1v) is 11.1. The molecule has 0 unspecified atom stereocenters. The van der Waals surface area contributed by atoms with E-state index >= 15 is 0 Å². The van der Waals surface area contributed by atoms with E-state index in [1.807, 2.05) is 37.3 Å². The second-order valence-corrected chi connectivity index (χ2v) is 8.44. The Morgan fingerprint density at radius 2 is 1.76 bits per heavy atom. The first-order chi connectivity index (χ1) is 16.1. The number of aromatic nitrogens is 2. The molecule has 2 aromatic carbocycles. The fraction of sp³-hybridized carbons (Fsp3) is 0.320. The molecule has 0 bridgehead atoms. The van der Waals surface area contributed by atoms with Gasteiger partial charge in [-0.1, -0.05) is 43.7 Å². The largest absolute Gasteiger partial charge is 0.478 e. The molecule has 0 aliphatic heterocycles. The summed E-state index contributed by atoms with van der Waals surface area (Å²) in [4.78, 5) is 42.6. The number of aromatic amines is 1. The van der Waals surface area contributed by atoms with E-state index in [1.54, 1.807) is 13.8 Å². The van der Waals surface area contributed by atoms with Crippen LogP contribution in [-0.2, 0) is 17.9 Å². The summed E-state index contributed by atoms with van der Waals surface area (Å²) in [6.07, 6.45) is 1.48. The summed E-state index contributed by atoms with van der Waals surface area (Å²) in [6, 6.07) is 14.4. The summed E-state index contributed by atoms with van der Waals surface area (Å²) in [7, 11) is 0. The summed E-state index contributed by atoms with van der Waals surface area (Å²) >= 11 is 0. The minimum Gasteiger partial charge on any atom is -0.478 e. The van der Waals surface area contributed by atoms with E-state index < -0.39 is 28.6 Å². The third-order valence-corrected chi connectivity index (χ3v) is 5.35. The molecule has 8 nitrogen and oxygen atoms in total. The number of nitrogen functional groups attached to an aromatic ring is 1. The Morgan fingerprint density at radius 3 is 2.38 bits per heavy atom. The molecule has 180 valence electrons. The van der Waals surface area contributed by atoms with Crippen LogP contribution in [0.2, 0.25) is 0 Å². The zero-order valence-corrected chi connectivity index (χ0v) is 19.5. The first kappa shape index (κ1) is 24.8. The maximum absolute atomic E-state index is 13.8. The molecule has 0 saturated carbocycles. The number of nitrogens with one attached hydrogen (secondary N) is 1. The molecule has 0 radical (unpaired) electrons. The molecule has 9 heteroatoms. The molecule has 0 saturated heterocycles. The molecule has 1 aromatic heterocycles. The number of benzene rings is 2. The third-order valence-electron chi connectivity index (χ3n) is 5.35. The van der Waals surface area contributed by atoms with Crippen LogP contribution in [0, 0.1) is 5.82 Å². The summed E-state index contributed by atoms with van der Waals surface area (Å²) in [5, 5.41) is 0.